The average Bonchev–Trinajstić information content (AvgIpc) is 3.59. The number of fused-ring (bicyclic) bond motifs is 6. The van der Waals surface area contributed by atoms with E-state index in [1.165, 1.54) is 37.7 Å². The summed E-state index contributed by atoms with van der Waals surface area (Å²) in [6.45, 7) is 4.90. The van der Waals surface area contributed by atoms with E-state index < -0.39 is 0 Å². The lowest BCUT2D eigenvalue weighted by Gasteiger charge is -2.50. The first kappa shape index (κ1) is 32.5. The van der Waals surface area contributed by atoms with Gasteiger partial charge in [-0.05, 0) is 108 Å². The zero-order valence-electron chi connectivity index (χ0n) is 30.6. The first-order valence-corrected chi connectivity index (χ1v) is 19.2. The van der Waals surface area contributed by atoms with Gasteiger partial charge in [-0.1, -0.05) is 111 Å². The molecule has 8 aromatic rings. The first-order chi connectivity index (χ1) is 26.4. The van der Waals surface area contributed by atoms with Crippen molar-refractivity contribution in [2.75, 3.05) is 0 Å². The maximum Gasteiger partial charge on any atom is 0.164 e. The summed E-state index contributed by atoms with van der Waals surface area (Å²) in [5.41, 5.74) is 8.90. The minimum atomic E-state index is 0.288. The fourth-order valence-corrected chi connectivity index (χ4v) is 10.2. The van der Waals surface area contributed by atoms with E-state index in [2.05, 4.69) is 74.5 Å². The van der Waals surface area contributed by atoms with Crippen LogP contribution in [0.4, 0.5) is 0 Å². The molecule has 2 aliphatic rings. The molecule has 5 nitrogen and oxygen atoms in total. The van der Waals surface area contributed by atoms with E-state index in [1.54, 1.807) is 0 Å². The summed E-state index contributed by atoms with van der Waals surface area (Å²) in [4.78, 5) is 15.4. The molecule has 0 N–H and O–H groups in total. The van der Waals surface area contributed by atoms with E-state index in [-0.39, 0.29) is 5.41 Å². The zero-order chi connectivity index (χ0) is 36.4. The monoisotopic (exact) mass is 700 g/mol. The van der Waals surface area contributed by atoms with Crippen molar-refractivity contribution < 1.29 is 4.42 Å². The molecular weight excluding hydrogens is 661 g/mol. The minimum absolute atomic E-state index is 0.288. The maximum absolute atomic E-state index is 10.2. The summed E-state index contributed by atoms with van der Waals surface area (Å²) in [5, 5.41) is 14.0. The van der Waals surface area contributed by atoms with Crippen LogP contribution in [-0.4, -0.2) is 15.0 Å². The van der Waals surface area contributed by atoms with Crippen molar-refractivity contribution in [3.8, 4) is 51.4 Å². The Morgan fingerprint density at radius 1 is 0.574 bits per heavy atom. The highest BCUT2D eigenvalue weighted by Crippen LogP contribution is 2.54. The second-order valence-electron chi connectivity index (χ2n) is 16.0. The highest BCUT2D eigenvalue weighted by Gasteiger charge is 2.45. The molecule has 0 amide bonds. The fourth-order valence-electron chi connectivity index (χ4n) is 10.2. The van der Waals surface area contributed by atoms with Gasteiger partial charge in [-0.2, -0.15) is 5.26 Å². The van der Waals surface area contributed by atoms with Crippen LogP contribution < -0.4 is 0 Å². The van der Waals surface area contributed by atoms with Crippen LogP contribution in [0, 0.1) is 29.1 Å². The van der Waals surface area contributed by atoms with Gasteiger partial charge in [0.05, 0.1) is 11.6 Å². The van der Waals surface area contributed by atoms with E-state index in [1.807, 2.05) is 72.8 Å². The summed E-state index contributed by atoms with van der Waals surface area (Å²) in [5.74, 6) is 4.09. The lowest BCUT2D eigenvalue weighted by atomic mass is 9.54. The van der Waals surface area contributed by atoms with Crippen molar-refractivity contribution in [1.29, 1.82) is 5.26 Å². The Bertz CT molecular complexity index is 2740. The lowest BCUT2D eigenvalue weighted by Crippen LogP contribution is -2.42. The molecule has 2 fully saturated rings. The highest BCUT2D eigenvalue weighted by molar-refractivity contribution is 6.12. The molecule has 6 aromatic carbocycles. The number of nitriles is 1. The lowest BCUT2D eigenvalue weighted by molar-refractivity contribution is 0.0780. The molecule has 54 heavy (non-hydrogen) atoms. The molecular formula is C49H40N4O. The van der Waals surface area contributed by atoms with Gasteiger partial charge in [0.15, 0.2) is 17.5 Å². The Morgan fingerprint density at radius 3 is 2.04 bits per heavy atom. The van der Waals surface area contributed by atoms with Crippen LogP contribution in [0.15, 0.2) is 132 Å². The van der Waals surface area contributed by atoms with E-state index in [0.717, 1.165) is 78.3 Å². The van der Waals surface area contributed by atoms with Crippen molar-refractivity contribution >= 4 is 32.7 Å². The SMILES string of the molecule is C[C@@H]1C[C@@H]2C[C@H](C)CC(c3ccc(-c4ccc5c(C#N)ccc(-c6nc(-c7ccccc7)nc(-c7cccc8oc9ccccc9c78)n6)c5c4)cc3)(C1)C2. The van der Waals surface area contributed by atoms with Crippen LogP contribution in [0.1, 0.15) is 57.1 Å². The van der Waals surface area contributed by atoms with Gasteiger partial charge in [0.1, 0.15) is 11.2 Å². The van der Waals surface area contributed by atoms with Gasteiger partial charge in [-0.3, -0.25) is 0 Å². The Morgan fingerprint density at radius 2 is 1.26 bits per heavy atom. The predicted octanol–water partition coefficient (Wildman–Crippen LogP) is 12.6. The Kier molecular flexibility index (Phi) is 7.70. The van der Waals surface area contributed by atoms with Gasteiger partial charge < -0.3 is 4.42 Å². The van der Waals surface area contributed by atoms with Crippen LogP contribution in [0.25, 0.3) is 78.0 Å². The quantitative estimate of drug-likeness (QED) is 0.179. The zero-order valence-corrected chi connectivity index (χ0v) is 30.6. The van der Waals surface area contributed by atoms with Crippen LogP contribution in [0.5, 0.6) is 0 Å². The third-order valence-corrected chi connectivity index (χ3v) is 12.1. The van der Waals surface area contributed by atoms with Crippen molar-refractivity contribution in [3.63, 3.8) is 0 Å². The molecule has 262 valence electrons. The first-order valence-electron chi connectivity index (χ1n) is 19.2. The van der Waals surface area contributed by atoms with Crippen LogP contribution >= 0.6 is 0 Å². The van der Waals surface area contributed by atoms with Crippen molar-refractivity contribution in [2.24, 2.45) is 17.8 Å². The normalized spacial score (nSPS) is 21.0. The summed E-state index contributed by atoms with van der Waals surface area (Å²) < 4.78 is 6.25. The number of furan rings is 1. The summed E-state index contributed by atoms with van der Waals surface area (Å²) in [6, 6.07) is 46.3. The predicted molar refractivity (Wildman–Crippen MR) is 218 cm³/mol. The van der Waals surface area contributed by atoms with E-state index >= 15 is 0 Å². The largest absolute Gasteiger partial charge is 0.456 e. The summed E-state index contributed by atoms with van der Waals surface area (Å²) in [7, 11) is 0. The molecule has 0 spiro atoms. The van der Waals surface area contributed by atoms with Crippen LogP contribution in [-0.2, 0) is 5.41 Å². The molecule has 2 aromatic heterocycles. The van der Waals surface area contributed by atoms with Crippen LogP contribution in [0.3, 0.4) is 0 Å². The standard InChI is InChI=1S/C49H40N4O/c1-30-23-32-24-31(2)27-49(26-30,28-32)37-19-15-33(16-20-37)35-17-21-38-36(29-50)18-22-39(42(38)25-35)47-51-46(34-9-4-3-5-10-34)52-48(53-47)41-12-8-14-44-45(41)40-11-6-7-13-43(40)54-44/h3-22,25,30-32H,23-24,26-28H2,1-2H3/t30-,31+,32-,49?. The topological polar surface area (TPSA) is 75.6 Å². The molecule has 2 heterocycles. The maximum atomic E-state index is 10.2. The molecule has 2 saturated carbocycles. The molecule has 0 radical (unpaired) electrons. The Balaban J connectivity index is 1.12. The van der Waals surface area contributed by atoms with Gasteiger partial charge in [0, 0.05) is 32.8 Å². The number of rotatable bonds is 5. The molecule has 2 bridgehead atoms. The number of para-hydroxylation sites is 1. The fraction of sp³-hybridized carbons (Fsp3) is 0.224. The van der Waals surface area contributed by atoms with Gasteiger partial charge in [0.25, 0.3) is 0 Å². The molecule has 0 saturated heterocycles. The van der Waals surface area contributed by atoms with Crippen molar-refractivity contribution in [2.45, 2.75) is 51.4 Å². The highest BCUT2D eigenvalue weighted by atomic mass is 16.3. The van der Waals surface area contributed by atoms with Gasteiger partial charge in [0.2, 0.25) is 0 Å². The average molecular weight is 701 g/mol. The summed E-state index contributed by atoms with van der Waals surface area (Å²) in [6.07, 6.45) is 6.64. The molecule has 2 aliphatic carbocycles. The molecule has 5 heteroatoms. The number of hydrogen-bond donors (Lipinski definition) is 0. The number of nitrogens with zero attached hydrogens (tertiary/aromatic N) is 4. The third-order valence-electron chi connectivity index (χ3n) is 12.1. The van der Waals surface area contributed by atoms with Crippen LogP contribution in [0.2, 0.25) is 0 Å². The van der Waals surface area contributed by atoms with Gasteiger partial charge in [-0.15, -0.1) is 0 Å². The Hall–Kier alpha value is -6.12. The minimum Gasteiger partial charge on any atom is -0.456 e. The molecule has 0 aliphatic heterocycles. The number of aromatic nitrogens is 3. The van der Waals surface area contributed by atoms with E-state index in [0.29, 0.717) is 23.0 Å². The smallest absolute Gasteiger partial charge is 0.164 e. The molecule has 4 atom stereocenters. The van der Waals surface area contributed by atoms with Crippen molar-refractivity contribution in [1.82, 2.24) is 15.0 Å². The molecule has 1 unspecified atom stereocenters. The van der Waals surface area contributed by atoms with Gasteiger partial charge >= 0.3 is 0 Å². The van der Waals surface area contributed by atoms with Gasteiger partial charge in [-0.25, -0.2) is 15.0 Å². The number of benzene rings is 6. The molecule has 10 rings (SSSR count). The second-order valence-corrected chi connectivity index (χ2v) is 16.0. The van der Waals surface area contributed by atoms with E-state index in [4.69, 9.17) is 19.4 Å². The van der Waals surface area contributed by atoms with E-state index in [9.17, 15) is 5.26 Å². The summed E-state index contributed by atoms with van der Waals surface area (Å²) >= 11 is 0. The second kappa shape index (κ2) is 12.8. The number of hydrogen-bond acceptors (Lipinski definition) is 5. The van der Waals surface area contributed by atoms with Crippen molar-refractivity contribution in [3.05, 3.63) is 139 Å². The Labute approximate surface area is 315 Å². The third kappa shape index (κ3) is 5.48.